The Hall–Kier alpha value is -6.12. The predicted molar refractivity (Wildman–Crippen MR) is 195 cm³/mol. The van der Waals surface area contributed by atoms with Crippen molar-refractivity contribution in [2.24, 2.45) is 0 Å². The van der Waals surface area contributed by atoms with Crippen LogP contribution in [-0.2, 0) is 5.41 Å². The molecule has 0 amide bonds. The molecule has 0 saturated heterocycles. The summed E-state index contributed by atoms with van der Waals surface area (Å²) < 4.78 is 2.51. The van der Waals surface area contributed by atoms with Gasteiger partial charge in [-0.1, -0.05) is 140 Å². The van der Waals surface area contributed by atoms with Crippen LogP contribution in [0.15, 0.2) is 164 Å². The first-order valence-corrected chi connectivity index (χ1v) is 16.3. The highest BCUT2D eigenvalue weighted by Gasteiger charge is 2.52. The number of hydrogen-bond donors (Lipinski definition) is 0. The van der Waals surface area contributed by atoms with E-state index >= 15 is 0 Å². The van der Waals surface area contributed by atoms with E-state index in [1.165, 1.54) is 88.9 Å². The molecule has 0 saturated carbocycles. The fourth-order valence-corrected chi connectivity index (χ4v) is 9.06. The van der Waals surface area contributed by atoms with E-state index in [4.69, 9.17) is 6.58 Å². The molecular formula is C45H28N2. The summed E-state index contributed by atoms with van der Waals surface area (Å²) in [6, 6.07) is 58.4. The van der Waals surface area contributed by atoms with E-state index in [9.17, 15) is 0 Å². The summed E-state index contributed by atoms with van der Waals surface area (Å²) in [7, 11) is 0. The topological polar surface area (TPSA) is 8.17 Å². The summed E-state index contributed by atoms with van der Waals surface area (Å²) in [5.74, 6) is 0. The molecule has 1 atom stereocenters. The number of aromatic nitrogens is 1. The van der Waals surface area contributed by atoms with Crippen molar-refractivity contribution < 1.29 is 0 Å². The van der Waals surface area contributed by atoms with Crippen molar-refractivity contribution in [3.63, 3.8) is 0 Å². The lowest BCUT2D eigenvalue weighted by Gasteiger charge is -2.51. The predicted octanol–water partition coefficient (Wildman–Crippen LogP) is 11.2. The van der Waals surface area contributed by atoms with E-state index in [0.29, 0.717) is 0 Å². The first kappa shape index (κ1) is 25.1. The van der Waals surface area contributed by atoms with Crippen molar-refractivity contribution >= 4 is 38.9 Å². The lowest BCUT2D eigenvalue weighted by Crippen LogP contribution is -2.42. The molecule has 3 aliphatic heterocycles. The van der Waals surface area contributed by atoms with Crippen molar-refractivity contribution in [1.29, 1.82) is 0 Å². The van der Waals surface area contributed by atoms with Gasteiger partial charge in [0.2, 0.25) is 0 Å². The summed E-state index contributed by atoms with van der Waals surface area (Å²) >= 11 is 0. The monoisotopic (exact) mass is 596 g/mol. The molecule has 7 aromatic carbocycles. The third-order valence-corrected chi connectivity index (χ3v) is 10.9. The largest absolute Gasteiger partial charge is 0.309 e. The molecule has 0 aliphatic carbocycles. The van der Waals surface area contributed by atoms with Gasteiger partial charge in [0, 0.05) is 27.6 Å². The standard InChI is InChI=1S/C45H28N2/c1-28-31-15-5-6-16-32(31)34-18-11-21-37-43(34)46(28)42-26-25-30(29-13-3-2-4-14-29)27-39(42)45(37)36-20-8-10-24-41(36)47-40-23-9-7-17-33(40)35-19-12-22-38(45)44(35)47/h2-27H,1H2. The quantitative estimate of drug-likeness (QED) is 0.183. The highest BCUT2D eigenvalue weighted by molar-refractivity contribution is 6.14. The zero-order chi connectivity index (χ0) is 30.9. The molecule has 218 valence electrons. The number of benzene rings is 7. The number of para-hydroxylation sites is 4. The van der Waals surface area contributed by atoms with Crippen molar-refractivity contribution in [2.75, 3.05) is 4.90 Å². The van der Waals surface area contributed by atoms with Gasteiger partial charge < -0.3 is 9.47 Å². The average molecular weight is 597 g/mol. The second kappa shape index (κ2) is 8.78. The van der Waals surface area contributed by atoms with Gasteiger partial charge >= 0.3 is 0 Å². The van der Waals surface area contributed by atoms with Crippen molar-refractivity contribution in [3.8, 4) is 27.9 Å². The van der Waals surface area contributed by atoms with Crippen LogP contribution in [0, 0.1) is 0 Å². The van der Waals surface area contributed by atoms with Gasteiger partial charge in [0.1, 0.15) is 0 Å². The van der Waals surface area contributed by atoms with E-state index in [2.05, 4.69) is 167 Å². The number of anilines is 2. The molecule has 1 aromatic heterocycles. The zero-order valence-electron chi connectivity index (χ0n) is 25.6. The van der Waals surface area contributed by atoms with Crippen LogP contribution in [-0.4, -0.2) is 4.57 Å². The van der Waals surface area contributed by atoms with E-state index in [1.54, 1.807) is 0 Å². The Morgan fingerprint density at radius 3 is 2.04 bits per heavy atom. The minimum atomic E-state index is -0.574. The summed E-state index contributed by atoms with van der Waals surface area (Å²) in [4.78, 5) is 2.44. The molecular weight excluding hydrogens is 569 g/mol. The van der Waals surface area contributed by atoms with E-state index in [1.807, 2.05) is 0 Å². The molecule has 0 radical (unpaired) electrons. The number of rotatable bonds is 1. The van der Waals surface area contributed by atoms with Gasteiger partial charge in [-0.15, -0.1) is 0 Å². The van der Waals surface area contributed by atoms with Crippen molar-refractivity contribution in [3.05, 3.63) is 192 Å². The molecule has 2 nitrogen and oxygen atoms in total. The Bertz CT molecular complexity index is 2660. The number of fused-ring (bicyclic) bond motifs is 13. The normalized spacial score (nSPS) is 16.6. The fourth-order valence-electron chi connectivity index (χ4n) is 9.06. The maximum atomic E-state index is 4.76. The lowest BCUT2D eigenvalue weighted by atomic mass is 9.59. The Labute approximate surface area is 273 Å². The van der Waals surface area contributed by atoms with Gasteiger partial charge in [-0.2, -0.15) is 0 Å². The smallest absolute Gasteiger partial charge is 0.0783 e. The average Bonchev–Trinajstić information content (AvgIpc) is 3.48. The summed E-state index contributed by atoms with van der Waals surface area (Å²) in [5.41, 5.74) is 17.9. The molecule has 1 unspecified atom stereocenters. The van der Waals surface area contributed by atoms with Gasteiger partial charge in [-0.3, -0.25) is 0 Å². The van der Waals surface area contributed by atoms with Gasteiger partial charge in [0.05, 0.1) is 33.5 Å². The molecule has 2 heteroatoms. The zero-order valence-corrected chi connectivity index (χ0v) is 25.6. The Morgan fingerprint density at radius 2 is 1.13 bits per heavy atom. The molecule has 47 heavy (non-hydrogen) atoms. The van der Waals surface area contributed by atoms with E-state index in [0.717, 1.165) is 5.70 Å². The molecule has 4 heterocycles. The maximum absolute atomic E-state index is 4.76. The van der Waals surface area contributed by atoms with Gasteiger partial charge in [0.15, 0.2) is 0 Å². The SMILES string of the molecule is C=C1c2ccccc2-c2cccc3c2N1c1ccc(-c2ccccc2)cc1C31c2ccccc2-n2c3ccccc3c3cccc1c32. The lowest BCUT2D eigenvalue weighted by molar-refractivity contribution is 0.716. The Balaban J connectivity index is 1.39. The third-order valence-electron chi connectivity index (χ3n) is 10.9. The molecule has 3 aliphatic rings. The highest BCUT2D eigenvalue weighted by atomic mass is 15.2. The Kier molecular flexibility index (Phi) is 4.69. The molecule has 0 bridgehead atoms. The van der Waals surface area contributed by atoms with Crippen LogP contribution in [0.5, 0.6) is 0 Å². The van der Waals surface area contributed by atoms with Crippen LogP contribution in [0.3, 0.4) is 0 Å². The van der Waals surface area contributed by atoms with E-state index in [-0.39, 0.29) is 0 Å². The van der Waals surface area contributed by atoms with Gasteiger partial charge in [0.25, 0.3) is 0 Å². The van der Waals surface area contributed by atoms with Crippen molar-refractivity contribution in [2.45, 2.75) is 5.41 Å². The first-order chi connectivity index (χ1) is 23.3. The van der Waals surface area contributed by atoms with Crippen molar-refractivity contribution in [1.82, 2.24) is 4.57 Å². The third kappa shape index (κ3) is 2.92. The molecule has 1 spiro atoms. The molecule has 0 N–H and O–H groups in total. The fraction of sp³-hybridized carbons (Fsp3) is 0.0222. The first-order valence-electron chi connectivity index (χ1n) is 16.3. The molecule has 8 aromatic rings. The van der Waals surface area contributed by atoms with Crippen LogP contribution >= 0.6 is 0 Å². The van der Waals surface area contributed by atoms with Crippen LogP contribution in [0.4, 0.5) is 11.4 Å². The minimum Gasteiger partial charge on any atom is -0.309 e. The van der Waals surface area contributed by atoms with Gasteiger partial charge in [-0.25, -0.2) is 0 Å². The van der Waals surface area contributed by atoms with Crippen LogP contribution in [0.2, 0.25) is 0 Å². The number of nitrogens with zero attached hydrogens (tertiary/aromatic N) is 2. The summed E-state index contributed by atoms with van der Waals surface area (Å²) in [6.45, 7) is 4.76. The second-order valence-electron chi connectivity index (χ2n) is 12.9. The van der Waals surface area contributed by atoms with Gasteiger partial charge in [-0.05, 0) is 63.2 Å². The maximum Gasteiger partial charge on any atom is 0.0783 e. The highest BCUT2D eigenvalue weighted by Crippen LogP contribution is 2.64. The van der Waals surface area contributed by atoms with Crippen LogP contribution < -0.4 is 4.90 Å². The Morgan fingerprint density at radius 1 is 0.447 bits per heavy atom. The minimum absolute atomic E-state index is 0.574. The second-order valence-corrected chi connectivity index (χ2v) is 12.9. The number of hydrogen-bond acceptors (Lipinski definition) is 1. The van der Waals surface area contributed by atoms with E-state index < -0.39 is 5.41 Å². The summed E-state index contributed by atoms with van der Waals surface area (Å²) in [5, 5.41) is 2.57. The van der Waals surface area contributed by atoms with Crippen LogP contribution in [0.25, 0.3) is 55.4 Å². The summed E-state index contributed by atoms with van der Waals surface area (Å²) in [6.07, 6.45) is 0. The molecule has 11 rings (SSSR count). The van der Waals surface area contributed by atoms with Crippen LogP contribution in [0.1, 0.15) is 27.8 Å². The molecule has 0 fully saturated rings.